The van der Waals surface area contributed by atoms with Gasteiger partial charge < -0.3 is 4.74 Å². The lowest BCUT2D eigenvalue weighted by atomic mass is 9.92. The second-order valence-electron chi connectivity index (χ2n) is 7.08. The van der Waals surface area contributed by atoms with Crippen LogP contribution in [0.3, 0.4) is 0 Å². The van der Waals surface area contributed by atoms with Crippen LogP contribution in [0.5, 0.6) is 0 Å². The predicted molar refractivity (Wildman–Crippen MR) is 96.6 cm³/mol. The number of nitrogens with zero attached hydrogens (tertiary/aromatic N) is 3. The zero-order chi connectivity index (χ0) is 19.5. The first-order valence-corrected chi connectivity index (χ1v) is 8.28. The number of carbonyl (C=O) groups is 1. The van der Waals surface area contributed by atoms with Crippen molar-refractivity contribution in [2.24, 2.45) is 0 Å². The minimum absolute atomic E-state index is 0.0367. The molecule has 7 heteroatoms. The summed E-state index contributed by atoms with van der Waals surface area (Å²) >= 11 is 0. The smallest absolute Gasteiger partial charge is 0.314 e. The molecule has 1 heterocycles. The first-order valence-electron chi connectivity index (χ1n) is 8.28. The molecule has 26 heavy (non-hydrogen) atoms. The fraction of sp³-hybridized carbons (Fsp3) is 0.421. The van der Waals surface area contributed by atoms with Crippen LogP contribution >= 0.6 is 0 Å². The molecule has 2 rings (SSSR count). The van der Waals surface area contributed by atoms with Gasteiger partial charge in [-0.2, -0.15) is 5.26 Å². The third kappa shape index (κ3) is 4.54. The molecule has 0 spiro atoms. The standard InChI is InChI=1S/C19H21N3O4/c1-12-16(15(6-5-9-20)18(23)26-19(2,3)4)10-13-7-8-14(22(24)25)11-17(13)21-12/h7-8,10-11,15H,5-6H2,1-4H3. The van der Waals surface area contributed by atoms with Crippen LogP contribution in [0.25, 0.3) is 10.9 Å². The maximum atomic E-state index is 12.6. The third-order valence-electron chi connectivity index (χ3n) is 3.85. The summed E-state index contributed by atoms with van der Waals surface area (Å²) in [7, 11) is 0. The van der Waals surface area contributed by atoms with Gasteiger partial charge in [-0.25, -0.2) is 0 Å². The number of fused-ring (bicyclic) bond motifs is 1. The van der Waals surface area contributed by atoms with E-state index in [1.807, 2.05) is 0 Å². The molecule has 1 unspecified atom stereocenters. The van der Waals surface area contributed by atoms with Gasteiger partial charge in [0.1, 0.15) is 5.60 Å². The Balaban J connectivity index is 2.49. The highest BCUT2D eigenvalue weighted by Gasteiger charge is 2.28. The highest BCUT2D eigenvalue weighted by molar-refractivity contribution is 5.85. The number of aryl methyl sites for hydroxylation is 1. The van der Waals surface area contributed by atoms with E-state index in [-0.39, 0.29) is 12.1 Å². The van der Waals surface area contributed by atoms with Crippen molar-refractivity contribution < 1.29 is 14.5 Å². The molecule has 0 fully saturated rings. The van der Waals surface area contributed by atoms with E-state index in [2.05, 4.69) is 11.1 Å². The van der Waals surface area contributed by atoms with Gasteiger partial charge in [-0.1, -0.05) is 0 Å². The average Bonchev–Trinajstić information content (AvgIpc) is 2.53. The van der Waals surface area contributed by atoms with Gasteiger partial charge in [0, 0.05) is 29.6 Å². The van der Waals surface area contributed by atoms with E-state index in [0.717, 1.165) is 0 Å². The molecule has 0 aliphatic carbocycles. The summed E-state index contributed by atoms with van der Waals surface area (Å²) in [5, 5.41) is 20.5. The van der Waals surface area contributed by atoms with E-state index in [4.69, 9.17) is 10.00 Å². The Morgan fingerprint density at radius 1 is 1.38 bits per heavy atom. The second-order valence-corrected chi connectivity index (χ2v) is 7.08. The van der Waals surface area contributed by atoms with E-state index >= 15 is 0 Å². The van der Waals surface area contributed by atoms with Crippen molar-refractivity contribution in [2.45, 2.75) is 52.1 Å². The highest BCUT2D eigenvalue weighted by atomic mass is 16.6. The SMILES string of the molecule is Cc1nc2cc([N+](=O)[O-])ccc2cc1C(CCC#N)C(=O)OC(C)(C)C. The molecule has 0 bridgehead atoms. The van der Waals surface area contributed by atoms with E-state index in [9.17, 15) is 14.9 Å². The minimum atomic E-state index is -0.638. The van der Waals surface area contributed by atoms with Crippen molar-refractivity contribution >= 4 is 22.6 Å². The van der Waals surface area contributed by atoms with Crippen molar-refractivity contribution in [3.8, 4) is 6.07 Å². The van der Waals surface area contributed by atoms with Crippen molar-refractivity contribution in [2.75, 3.05) is 0 Å². The van der Waals surface area contributed by atoms with Gasteiger partial charge in [-0.05, 0) is 51.8 Å². The number of nitro groups is 1. The molecule has 1 aromatic heterocycles. The van der Waals surface area contributed by atoms with Gasteiger partial charge in [0.05, 0.1) is 22.4 Å². The summed E-state index contributed by atoms with van der Waals surface area (Å²) in [6.07, 6.45) is 0.536. The predicted octanol–water partition coefficient (Wildman–Crippen LogP) is 4.18. The van der Waals surface area contributed by atoms with E-state index in [1.165, 1.54) is 12.1 Å². The van der Waals surface area contributed by atoms with E-state index in [1.54, 1.807) is 39.8 Å². The first-order chi connectivity index (χ1) is 12.1. The van der Waals surface area contributed by atoms with Crippen LogP contribution in [0.1, 0.15) is 50.8 Å². The number of aromatic nitrogens is 1. The normalized spacial score (nSPS) is 12.4. The quantitative estimate of drug-likeness (QED) is 0.452. The molecule has 0 aliphatic heterocycles. The highest BCUT2D eigenvalue weighted by Crippen LogP contribution is 2.30. The van der Waals surface area contributed by atoms with Crippen molar-refractivity contribution in [3.05, 3.63) is 45.6 Å². The summed E-state index contributed by atoms with van der Waals surface area (Å²) in [6, 6.07) is 8.28. The lowest BCUT2D eigenvalue weighted by Crippen LogP contribution is -2.28. The maximum Gasteiger partial charge on any atom is 0.314 e. The molecule has 0 saturated heterocycles. The van der Waals surface area contributed by atoms with Gasteiger partial charge in [0.2, 0.25) is 0 Å². The number of hydrogen-bond donors (Lipinski definition) is 0. The Kier molecular flexibility index (Phi) is 5.56. The van der Waals surface area contributed by atoms with Crippen molar-refractivity contribution in [3.63, 3.8) is 0 Å². The average molecular weight is 355 g/mol. The van der Waals surface area contributed by atoms with Gasteiger partial charge in [-0.3, -0.25) is 19.9 Å². The third-order valence-corrected chi connectivity index (χ3v) is 3.85. The Morgan fingerprint density at radius 3 is 2.65 bits per heavy atom. The number of nitriles is 1. The number of nitro benzene ring substituents is 1. The Labute approximate surface area is 151 Å². The fourth-order valence-corrected chi connectivity index (χ4v) is 2.72. The lowest BCUT2D eigenvalue weighted by Gasteiger charge is -2.24. The summed E-state index contributed by atoms with van der Waals surface area (Å²) in [5.41, 5.74) is 1.08. The first kappa shape index (κ1) is 19.3. The Hall–Kier alpha value is -3.01. The van der Waals surface area contributed by atoms with Crippen LogP contribution in [0, 0.1) is 28.4 Å². The molecule has 2 aromatic rings. The minimum Gasteiger partial charge on any atom is -0.459 e. The molecular weight excluding hydrogens is 334 g/mol. The molecule has 0 N–H and O–H groups in total. The Bertz CT molecular complexity index is 894. The van der Waals surface area contributed by atoms with Crippen LogP contribution in [-0.4, -0.2) is 21.5 Å². The summed E-state index contributed by atoms with van der Waals surface area (Å²) in [4.78, 5) is 27.5. The number of carbonyl (C=O) groups excluding carboxylic acids is 1. The molecule has 0 amide bonds. The fourth-order valence-electron chi connectivity index (χ4n) is 2.72. The topological polar surface area (TPSA) is 106 Å². The summed E-state index contributed by atoms with van der Waals surface area (Å²) < 4.78 is 5.50. The van der Waals surface area contributed by atoms with Crippen LogP contribution in [0.4, 0.5) is 5.69 Å². The zero-order valence-corrected chi connectivity index (χ0v) is 15.3. The second kappa shape index (κ2) is 7.48. The number of esters is 1. The number of pyridine rings is 1. The molecule has 7 nitrogen and oxygen atoms in total. The number of non-ortho nitro benzene ring substituents is 1. The van der Waals surface area contributed by atoms with Crippen molar-refractivity contribution in [1.82, 2.24) is 4.98 Å². The molecule has 0 saturated carbocycles. The summed E-state index contributed by atoms with van der Waals surface area (Å²) in [5.74, 6) is -1.01. The lowest BCUT2D eigenvalue weighted by molar-refractivity contribution is -0.384. The molecule has 1 atom stereocenters. The monoisotopic (exact) mass is 355 g/mol. The number of hydrogen-bond acceptors (Lipinski definition) is 6. The van der Waals surface area contributed by atoms with Crippen LogP contribution in [0.2, 0.25) is 0 Å². The number of ether oxygens (including phenoxy) is 1. The number of benzene rings is 1. The van der Waals surface area contributed by atoms with Crippen molar-refractivity contribution in [1.29, 1.82) is 5.26 Å². The van der Waals surface area contributed by atoms with E-state index < -0.39 is 22.4 Å². The van der Waals surface area contributed by atoms with Crippen LogP contribution in [-0.2, 0) is 9.53 Å². The molecule has 0 radical (unpaired) electrons. The van der Waals surface area contributed by atoms with Gasteiger partial charge >= 0.3 is 5.97 Å². The molecule has 1 aromatic carbocycles. The van der Waals surface area contributed by atoms with Crippen LogP contribution in [0.15, 0.2) is 24.3 Å². The largest absolute Gasteiger partial charge is 0.459 e. The molecular formula is C19H21N3O4. The number of rotatable bonds is 5. The Morgan fingerprint density at radius 2 is 2.08 bits per heavy atom. The summed E-state index contributed by atoms with van der Waals surface area (Å²) in [6.45, 7) is 7.11. The van der Waals surface area contributed by atoms with E-state index in [0.29, 0.717) is 28.6 Å². The van der Waals surface area contributed by atoms with Gasteiger partial charge in [0.15, 0.2) is 0 Å². The zero-order valence-electron chi connectivity index (χ0n) is 15.3. The maximum absolute atomic E-state index is 12.6. The molecule has 0 aliphatic rings. The van der Waals surface area contributed by atoms with Gasteiger partial charge in [0.25, 0.3) is 5.69 Å². The van der Waals surface area contributed by atoms with Crippen LogP contribution < -0.4 is 0 Å². The van der Waals surface area contributed by atoms with Gasteiger partial charge in [-0.15, -0.1) is 0 Å². The molecule has 136 valence electrons.